The normalized spacial score (nSPS) is 10.4. The molecule has 1 aromatic heterocycles. The number of ether oxygens (including phenoxy) is 1. The minimum atomic E-state index is -0.288. The maximum absolute atomic E-state index is 11.9. The van der Waals surface area contributed by atoms with E-state index in [2.05, 4.69) is 15.8 Å². The smallest absolute Gasteiger partial charge is 0.319 e. The van der Waals surface area contributed by atoms with E-state index >= 15 is 0 Å². The number of carbonyl (C=O) groups is 1. The minimum Gasteiger partial charge on any atom is -0.497 e. The largest absolute Gasteiger partial charge is 0.497 e. The predicted molar refractivity (Wildman–Crippen MR) is 101 cm³/mol. The Bertz CT molecular complexity index is 878. The highest BCUT2D eigenvalue weighted by molar-refractivity contribution is 6.30. The summed E-state index contributed by atoms with van der Waals surface area (Å²) in [5, 5.41) is 10.2. The topological polar surface area (TPSA) is 76.4 Å². The summed E-state index contributed by atoms with van der Waals surface area (Å²) in [6.45, 7) is 0.434. The van der Waals surface area contributed by atoms with E-state index < -0.39 is 0 Å². The summed E-state index contributed by atoms with van der Waals surface area (Å²) in [5.74, 6) is 1.41. The molecule has 3 aromatic rings. The molecule has 2 aromatic carbocycles. The first kappa shape index (κ1) is 17.8. The zero-order valence-electron chi connectivity index (χ0n) is 14.2. The lowest BCUT2D eigenvalue weighted by atomic mass is 10.1. The molecule has 0 fully saturated rings. The highest BCUT2D eigenvalue weighted by Gasteiger charge is 2.08. The van der Waals surface area contributed by atoms with Crippen molar-refractivity contribution in [1.82, 2.24) is 10.5 Å². The molecule has 0 aliphatic rings. The van der Waals surface area contributed by atoms with E-state index in [4.69, 9.17) is 20.9 Å². The van der Waals surface area contributed by atoms with Crippen LogP contribution in [0.15, 0.2) is 59.1 Å². The molecule has 1 heterocycles. The van der Waals surface area contributed by atoms with Crippen LogP contribution < -0.4 is 15.4 Å². The van der Waals surface area contributed by atoms with Gasteiger partial charge in [-0.2, -0.15) is 0 Å². The summed E-state index contributed by atoms with van der Waals surface area (Å²) < 4.78 is 10.6. The molecule has 2 amide bonds. The van der Waals surface area contributed by atoms with Gasteiger partial charge in [0.05, 0.1) is 12.8 Å². The Hall–Kier alpha value is -2.99. The van der Waals surface area contributed by atoms with Crippen LogP contribution in [0.5, 0.6) is 5.75 Å². The van der Waals surface area contributed by atoms with Gasteiger partial charge < -0.3 is 19.9 Å². The van der Waals surface area contributed by atoms with E-state index in [1.165, 1.54) is 0 Å². The van der Waals surface area contributed by atoms with Crippen molar-refractivity contribution in [2.75, 3.05) is 19.0 Å². The zero-order chi connectivity index (χ0) is 18.4. The third-order valence-corrected chi connectivity index (χ3v) is 3.93. The van der Waals surface area contributed by atoms with E-state index in [1.807, 2.05) is 30.3 Å². The van der Waals surface area contributed by atoms with E-state index in [0.717, 1.165) is 17.0 Å². The van der Waals surface area contributed by atoms with Gasteiger partial charge in [0.1, 0.15) is 5.75 Å². The van der Waals surface area contributed by atoms with Crippen molar-refractivity contribution in [3.8, 4) is 17.1 Å². The molecule has 0 aliphatic heterocycles. The summed E-state index contributed by atoms with van der Waals surface area (Å²) in [7, 11) is 1.62. The van der Waals surface area contributed by atoms with Crippen LogP contribution in [0.2, 0.25) is 5.02 Å². The maximum atomic E-state index is 11.9. The van der Waals surface area contributed by atoms with Gasteiger partial charge in [-0.3, -0.25) is 0 Å². The molecule has 0 atom stereocenters. The molecule has 7 heteroatoms. The minimum absolute atomic E-state index is 0.288. The average Bonchev–Trinajstić information content (AvgIpc) is 3.13. The Morgan fingerprint density at radius 1 is 1.19 bits per heavy atom. The van der Waals surface area contributed by atoms with E-state index in [0.29, 0.717) is 29.4 Å². The lowest BCUT2D eigenvalue weighted by molar-refractivity contribution is 0.252. The van der Waals surface area contributed by atoms with E-state index in [-0.39, 0.29) is 6.03 Å². The van der Waals surface area contributed by atoms with Crippen molar-refractivity contribution in [1.29, 1.82) is 0 Å². The van der Waals surface area contributed by atoms with Crippen LogP contribution in [-0.2, 0) is 6.42 Å². The molecule has 3 rings (SSSR count). The van der Waals surface area contributed by atoms with Crippen molar-refractivity contribution in [3.63, 3.8) is 0 Å². The number of nitrogens with zero attached hydrogens (tertiary/aromatic N) is 1. The monoisotopic (exact) mass is 371 g/mol. The number of nitrogens with one attached hydrogen (secondary N) is 2. The number of hydrogen-bond acceptors (Lipinski definition) is 4. The second-order valence-electron chi connectivity index (χ2n) is 5.55. The fraction of sp³-hybridized carbons (Fsp3) is 0.158. The lowest BCUT2D eigenvalue weighted by Gasteiger charge is -2.06. The third-order valence-electron chi connectivity index (χ3n) is 3.68. The number of amides is 2. The van der Waals surface area contributed by atoms with Crippen LogP contribution in [0.3, 0.4) is 0 Å². The lowest BCUT2D eigenvalue weighted by Crippen LogP contribution is -2.30. The predicted octanol–water partition coefficient (Wildman–Crippen LogP) is 4.37. The SMILES string of the molecule is COc1cccc(-c2cc(CCNC(=O)Nc3ccc(Cl)cc3)no2)c1. The van der Waals surface area contributed by atoms with Gasteiger partial charge in [0.2, 0.25) is 0 Å². The molecule has 0 spiro atoms. The van der Waals surface area contributed by atoms with E-state index in [9.17, 15) is 4.79 Å². The number of carbonyl (C=O) groups excluding carboxylic acids is 1. The van der Waals surface area contributed by atoms with Gasteiger partial charge in [-0.25, -0.2) is 4.79 Å². The Morgan fingerprint density at radius 2 is 2.00 bits per heavy atom. The highest BCUT2D eigenvalue weighted by Crippen LogP contribution is 2.24. The molecule has 0 aliphatic carbocycles. The second-order valence-corrected chi connectivity index (χ2v) is 5.99. The van der Waals surface area contributed by atoms with Crippen molar-refractivity contribution >= 4 is 23.3 Å². The molecule has 0 saturated carbocycles. The van der Waals surface area contributed by atoms with Crippen molar-refractivity contribution in [3.05, 3.63) is 65.3 Å². The van der Waals surface area contributed by atoms with Gasteiger partial charge in [0, 0.05) is 35.3 Å². The summed E-state index contributed by atoms with van der Waals surface area (Å²) in [6, 6.07) is 16.0. The Labute approximate surface area is 156 Å². The second kappa shape index (κ2) is 8.40. The number of urea groups is 1. The van der Waals surface area contributed by atoms with Crippen LogP contribution in [0.25, 0.3) is 11.3 Å². The Kier molecular flexibility index (Phi) is 5.76. The quantitative estimate of drug-likeness (QED) is 0.674. The fourth-order valence-electron chi connectivity index (χ4n) is 2.35. The van der Waals surface area contributed by atoms with E-state index in [1.54, 1.807) is 31.4 Å². The van der Waals surface area contributed by atoms with Crippen molar-refractivity contribution in [2.45, 2.75) is 6.42 Å². The Balaban J connectivity index is 1.50. The molecule has 134 valence electrons. The molecule has 6 nitrogen and oxygen atoms in total. The summed E-state index contributed by atoms with van der Waals surface area (Å²) >= 11 is 5.81. The summed E-state index contributed by atoms with van der Waals surface area (Å²) in [4.78, 5) is 11.9. The molecular weight excluding hydrogens is 354 g/mol. The molecule has 0 bridgehead atoms. The average molecular weight is 372 g/mol. The molecule has 0 unspecified atom stereocenters. The molecule has 2 N–H and O–H groups in total. The van der Waals surface area contributed by atoms with Gasteiger partial charge in [0.25, 0.3) is 0 Å². The summed E-state index contributed by atoms with van der Waals surface area (Å²) in [6.07, 6.45) is 0.557. The molecule has 26 heavy (non-hydrogen) atoms. The van der Waals surface area contributed by atoms with Crippen LogP contribution in [0.4, 0.5) is 10.5 Å². The van der Waals surface area contributed by atoms with Gasteiger partial charge >= 0.3 is 6.03 Å². The standard InChI is InChI=1S/C19H18ClN3O3/c1-25-17-4-2-3-13(11-17)18-12-16(23-26-18)9-10-21-19(24)22-15-7-5-14(20)6-8-15/h2-8,11-12H,9-10H2,1H3,(H2,21,22,24). The first-order chi connectivity index (χ1) is 12.6. The zero-order valence-corrected chi connectivity index (χ0v) is 14.9. The van der Waals surface area contributed by atoms with Crippen molar-refractivity contribution in [2.24, 2.45) is 0 Å². The third kappa shape index (κ3) is 4.77. The first-order valence-electron chi connectivity index (χ1n) is 8.04. The number of methoxy groups -OCH3 is 1. The molecule has 0 saturated heterocycles. The number of aromatic nitrogens is 1. The number of hydrogen-bond donors (Lipinski definition) is 2. The van der Waals surface area contributed by atoms with Crippen LogP contribution >= 0.6 is 11.6 Å². The fourth-order valence-corrected chi connectivity index (χ4v) is 2.48. The Morgan fingerprint density at radius 3 is 2.77 bits per heavy atom. The first-order valence-corrected chi connectivity index (χ1v) is 8.42. The van der Waals surface area contributed by atoms with Crippen LogP contribution in [0, 0.1) is 0 Å². The highest BCUT2D eigenvalue weighted by atomic mass is 35.5. The molecule has 0 radical (unpaired) electrons. The van der Waals surface area contributed by atoms with Gasteiger partial charge in [-0.15, -0.1) is 0 Å². The van der Waals surface area contributed by atoms with Gasteiger partial charge in [-0.05, 0) is 36.4 Å². The number of halogens is 1. The van der Waals surface area contributed by atoms with Crippen LogP contribution in [-0.4, -0.2) is 24.8 Å². The number of rotatable bonds is 6. The summed E-state index contributed by atoms with van der Waals surface area (Å²) in [5.41, 5.74) is 2.32. The van der Waals surface area contributed by atoms with Crippen molar-refractivity contribution < 1.29 is 14.1 Å². The van der Waals surface area contributed by atoms with Crippen LogP contribution in [0.1, 0.15) is 5.69 Å². The van der Waals surface area contributed by atoms with Gasteiger partial charge in [0.15, 0.2) is 5.76 Å². The number of benzene rings is 2. The molecular formula is C19H18ClN3O3. The number of anilines is 1. The maximum Gasteiger partial charge on any atom is 0.319 e. The van der Waals surface area contributed by atoms with Gasteiger partial charge in [-0.1, -0.05) is 28.9 Å².